The van der Waals surface area contributed by atoms with Gasteiger partial charge in [0.05, 0.1) is 30.5 Å². The van der Waals surface area contributed by atoms with Crippen LogP contribution in [0.25, 0.3) is 11.3 Å². The van der Waals surface area contributed by atoms with Crippen LogP contribution in [0.15, 0.2) is 48.7 Å². The summed E-state index contributed by atoms with van der Waals surface area (Å²) in [5.74, 6) is -0.277. The molecule has 25 heavy (non-hydrogen) atoms. The van der Waals surface area contributed by atoms with Crippen LogP contribution < -0.4 is 4.74 Å². The zero-order valence-electron chi connectivity index (χ0n) is 13.1. The number of nitrogens with one attached hydrogen (secondary N) is 1. The molecule has 0 saturated carbocycles. The van der Waals surface area contributed by atoms with E-state index in [0.717, 1.165) is 0 Å². The van der Waals surface area contributed by atoms with Crippen LogP contribution >= 0.6 is 0 Å². The first-order valence-electron chi connectivity index (χ1n) is 7.22. The van der Waals surface area contributed by atoms with Gasteiger partial charge in [-0.25, -0.2) is 9.18 Å². The van der Waals surface area contributed by atoms with Crippen molar-refractivity contribution < 1.29 is 18.7 Å². The SMILES string of the molecule is COC(=O)c1cc(C#N)cc(Oc2c[nH]nc2-c2ccc(F)cc2)c1. The highest BCUT2D eigenvalue weighted by molar-refractivity contribution is 5.90. The predicted molar refractivity (Wildman–Crippen MR) is 86.6 cm³/mol. The van der Waals surface area contributed by atoms with Crippen molar-refractivity contribution in [3.8, 4) is 28.8 Å². The molecular formula is C18H12FN3O3. The van der Waals surface area contributed by atoms with Crippen molar-refractivity contribution in [2.45, 2.75) is 0 Å². The molecule has 0 fully saturated rings. The van der Waals surface area contributed by atoms with Crippen molar-refractivity contribution in [3.63, 3.8) is 0 Å². The van der Waals surface area contributed by atoms with Crippen LogP contribution in [-0.2, 0) is 4.74 Å². The number of halogens is 1. The molecule has 0 aliphatic heterocycles. The second kappa shape index (κ2) is 6.84. The summed E-state index contributed by atoms with van der Waals surface area (Å²) in [7, 11) is 1.25. The summed E-state index contributed by atoms with van der Waals surface area (Å²) in [6.07, 6.45) is 1.52. The highest BCUT2D eigenvalue weighted by Gasteiger charge is 2.14. The summed E-state index contributed by atoms with van der Waals surface area (Å²) in [6.45, 7) is 0. The lowest BCUT2D eigenvalue weighted by atomic mass is 10.1. The lowest BCUT2D eigenvalue weighted by Gasteiger charge is -2.08. The van der Waals surface area contributed by atoms with Crippen molar-refractivity contribution in [1.29, 1.82) is 5.26 Å². The molecule has 0 aliphatic carbocycles. The molecule has 7 heteroatoms. The smallest absolute Gasteiger partial charge is 0.338 e. The van der Waals surface area contributed by atoms with Crippen molar-refractivity contribution in [2.75, 3.05) is 7.11 Å². The lowest BCUT2D eigenvalue weighted by Crippen LogP contribution is -2.02. The number of aromatic nitrogens is 2. The topological polar surface area (TPSA) is 88.0 Å². The quantitative estimate of drug-likeness (QED) is 0.734. The van der Waals surface area contributed by atoms with Crippen LogP contribution in [0.2, 0.25) is 0 Å². The number of aromatic amines is 1. The zero-order chi connectivity index (χ0) is 17.8. The predicted octanol–water partition coefficient (Wildman–Crippen LogP) is 3.67. The molecule has 0 spiro atoms. The number of hydrogen-bond acceptors (Lipinski definition) is 5. The van der Waals surface area contributed by atoms with E-state index in [4.69, 9.17) is 10.00 Å². The van der Waals surface area contributed by atoms with Gasteiger partial charge in [0.15, 0.2) is 5.75 Å². The fourth-order valence-corrected chi connectivity index (χ4v) is 2.26. The molecule has 3 aromatic rings. The standard InChI is InChI=1S/C18H12FN3O3/c1-24-18(23)13-6-11(9-20)7-15(8-13)25-16-10-21-22-17(16)12-2-4-14(19)5-3-12/h2-8,10H,1H3,(H,21,22). The Bertz CT molecular complexity index is 958. The van der Waals surface area contributed by atoms with Crippen molar-refractivity contribution in [2.24, 2.45) is 0 Å². The Balaban J connectivity index is 1.96. The molecule has 0 unspecified atom stereocenters. The minimum absolute atomic E-state index is 0.198. The monoisotopic (exact) mass is 337 g/mol. The number of carbonyl (C=O) groups excluding carboxylic acids is 1. The third-order valence-corrected chi connectivity index (χ3v) is 3.41. The Kier molecular flexibility index (Phi) is 4.44. The first kappa shape index (κ1) is 16.2. The molecule has 1 heterocycles. The number of H-pyrrole nitrogens is 1. The Labute approximate surface area is 142 Å². The lowest BCUT2D eigenvalue weighted by molar-refractivity contribution is 0.0600. The number of esters is 1. The molecule has 6 nitrogen and oxygen atoms in total. The molecule has 0 atom stereocenters. The number of hydrogen-bond donors (Lipinski definition) is 1. The molecule has 0 amide bonds. The van der Waals surface area contributed by atoms with E-state index in [1.807, 2.05) is 6.07 Å². The summed E-state index contributed by atoms with van der Waals surface area (Å²) in [4.78, 5) is 11.7. The van der Waals surface area contributed by atoms with Gasteiger partial charge in [-0.1, -0.05) is 0 Å². The fraction of sp³-hybridized carbons (Fsp3) is 0.0556. The largest absolute Gasteiger partial charge is 0.465 e. The first-order chi connectivity index (χ1) is 12.1. The van der Waals surface area contributed by atoms with Gasteiger partial charge in [-0.2, -0.15) is 10.4 Å². The molecule has 0 bridgehead atoms. The minimum Gasteiger partial charge on any atom is -0.465 e. The van der Waals surface area contributed by atoms with E-state index in [0.29, 0.717) is 17.0 Å². The Hall–Kier alpha value is -3.66. The van der Waals surface area contributed by atoms with E-state index < -0.39 is 5.97 Å². The third-order valence-electron chi connectivity index (χ3n) is 3.41. The number of carbonyl (C=O) groups is 1. The Morgan fingerprint density at radius 1 is 1.24 bits per heavy atom. The van der Waals surface area contributed by atoms with E-state index in [1.165, 1.54) is 43.6 Å². The molecule has 3 rings (SSSR count). The van der Waals surface area contributed by atoms with E-state index >= 15 is 0 Å². The van der Waals surface area contributed by atoms with Crippen molar-refractivity contribution in [1.82, 2.24) is 10.2 Å². The maximum Gasteiger partial charge on any atom is 0.338 e. The van der Waals surface area contributed by atoms with Gasteiger partial charge in [0, 0.05) is 5.56 Å². The maximum atomic E-state index is 13.1. The zero-order valence-corrected chi connectivity index (χ0v) is 13.1. The van der Waals surface area contributed by atoms with Crippen molar-refractivity contribution in [3.05, 3.63) is 65.6 Å². The number of rotatable bonds is 4. The number of methoxy groups -OCH3 is 1. The van der Waals surface area contributed by atoms with Gasteiger partial charge in [-0.05, 0) is 42.5 Å². The van der Waals surface area contributed by atoms with E-state index in [2.05, 4.69) is 14.9 Å². The van der Waals surface area contributed by atoms with Gasteiger partial charge < -0.3 is 9.47 Å². The average molecular weight is 337 g/mol. The number of benzene rings is 2. The molecule has 0 aliphatic rings. The van der Waals surface area contributed by atoms with Crippen molar-refractivity contribution >= 4 is 5.97 Å². The minimum atomic E-state index is -0.576. The summed E-state index contributed by atoms with van der Waals surface area (Å²) in [5.41, 5.74) is 1.58. The normalized spacial score (nSPS) is 10.1. The second-order valence-corrected chi connectivity index (χ2v) is 5.06. The fourth-order valence-electron chi connectivity index (χ4n) is 2.26. The van der Waals surface area contributed by atoms with Crippen LogP contribution in [0.3, 0.4) is 0 Å². The number of nitrogens with zero attached hydrogens (tertiary/aromatic N) is 2. The maximum absolute atomic E-state index is 13.1. The number of nitriles is 1. The van der Waals surface area contributed by atoms with Crippen LogP contribution in [0.1, 0.15) is 15.9 Å². The number of ether oxygens (including phenoxy) is 2. The van der Waals surface area contributed by atoms with Crippen LogP contribution in [0, 0.1) is 17.1 Å². The molecule has 0 saturated heterocycles. The second-order valence-electron chi connectivity index (χ2n) is 5.06. The summed E-state index contributed by atoms with van der Waals surface area (Å²) < 4.78 is 23.5. The van der Waals surface area contributed by atoms with Gasteiger partial charge in [-0.15, -0.1) is 0 Å². The first-order valence-corrected chi connectivity index (χ1v) is 7.22. The van der Waals surface area contributed by atoms with E-state index in [-0.39, 0.29) is 22.7 Å². The van der Waals surface area contributed by atoms with Gasteiger partial charge in [0.1, 0.15) is 17.3 Å². The summed E-state index contributed by atoms with van der Waals surface area (Å²) in [6, 6.07) is 12.1. The highest BCUT2D eigenvalue weighted by atomic mass is 19.1. The van der Waals surface area contributed by atoms with Gasteiger partial charge >= 0.3 is 5.97 Å². The van der Waals surface area contributed by atoms with Crippen LogP contribution in [0.5, 0.6) is 11.5 Å². The average Bonchev–Trinajstić information content (AvgIpc) is 3.09. The van der Waals surface area contributed by atoms with Crippen LogP contribution in [-0.4, -0.2) is 23.3 Å². The molecule has 2 aromatic carbocycles. The van der Waals surface area contributed by atoms with E-state index in [9.17, 15) is 9.18 Å². The molecule has 124 valence electrons. The van der Waals surface area contributed by atoms with Crippen LogP contribution in [0.4, 0.5) is 4.39 Å². The Morgan fingerprint density at radius 2 is 2.00 bits per heavy atom. The van der Waals surface area contributed by atoms with E-state index in [1.54, 1.807) is 12.1 Å². The summed E-state index contributed by atoms with van der Waals surface area (Å²) in [5, 5.41) is 15.9. The van der Waals surface area contributed by atoms with Gasteiger partial charge in [-0.3, -0.25) is 5.10 Å². The molecule has 1 N–H and O–H groups in total. The highest BCUT2D eigenvalue weighted by Crippen LogP contribution is 2.32. The molecule has 1 aromatic heterocycles. The molecular weight excluding hydrogens is 325 g/mol. The Morgan fingerprint density at radius 3 is 2.68 bits per heavy atom. The molecule has 0 radical (unpaired) electrons. The van der Waals surface area contributed by atoms with Gasteiger partial charge in [0.2, 0.25) is 0 Å². The van der Waals surface area contributed by atoms with Gasteiger partial charge in [0.25, 0.3) is 0 Å². The summed E-state index contributed by atoms with van der Waals surface area (Å²) >= 11 is 0. The third kappa shape index (κ3) is 3.48.